The lowest BCUT2D eigenvalue weighted by Crippen LogP contribution is -2.43. The molecule has 2 unspecified atom stereocenters. The first-order valence-corrected chi connectivity index (χ1v) is 4.97. The van der Waals surface area contributed by atoms with E-state index in [1.54, 1.807) is 25.4 Å². The van der Waals surface area contributed by atoms with Gasteiger partial charge in [-0.3, -0.25) is 4.79 Å². The van der Waals surface area contributed by atoms with Gasteiger partial charge in [0.05, 0.1) is 19.3 Å². The van der Waals surface area contributed by atoms with Crippen molar-refractivity contribution in [2.75, 3.05) is 18.5 Å². The smallest absolute Gasteiger partial charge is 0.313 e. The largest absolute Gasteiger partial charge is 0.481 e. The van der Waals surface area contributed by atoms with Gasteiger partial charge in [0.1, 0.15) is 5.41 Å². The minimum Gasteiger partial charge on any atom is -0.481 e. The average molecular weight is 223 g/mol. The molecule has 1 aliphatic heterocycles. The summed E-state index contributed by atoms with van der Waals surface area (Å²) in [6.07, 6.45) is 3.20. The van der Waals surface area contributed by atoms with Crippen LogP contribution in [0.4, 0.5) is 5.95 Å². The molecule has 2 heterocycles. The van der Waals surface area contributed by atoms with E-state index in [1.165, 1.54) is 0 Å². The van der Waals surface area contributed by atoms with Crippen molar-refractivity contribution in [2.24, 2.45) is 5.41 Å². The fraction of sp³-hybridized carbons (Fsp3) is 0.500. The Balaban J connectivity index is 2.13. The number of rotatable bonds is 3. The molecule has 1 aromatic rings. The highest BCUT2D eigenvalue weighted by molar-refractivity contribution is 5.76. The summed E-state index contributed by atoms with van der Waals surface area (Å²) in [4.78, 5) is 19.2. The van der Waals surface area contributed by atoms with E-state index in [9.17, 15) is 4.79 Å². The third-order valence-corrected chi connectivity index (χ3v) is 2.81. The molecular formula is C10H13N3O3. The molecule has 0 amide bonds. The number of nitrogens with zero attached hydrogens (tertiary/aromatic N) is 2. The molecule has 6 heteroatoms. The lowest BCUT2D eigenvalue weighted by Gasteiger charge is -2.25. The summed E-state index contributed by atoms with van der Waals surface area (Å²) >= 11 is 0. The highest BCUT2D eigenvalue weighted by atomic mass is 16.5. The second kappa shape index (κ2) is 4.05. The summed E-state index contributed by atoms with van der Waals surface area (Å²) in [5.41, 5.74) is -0.931. The van der Waals surface area contributed by atoms with E-state index < -0.39 is 11.4 Å². The van der Waals surface area contributed by atoms with Gasteiger partial charge >= 0.3 is 5.97 Å². The Morgan fingerprint density at radius 2 is 2.31 bits per heavy atom. The highest BCUT2D eigenvalue weighted by Crippen LogP contribution is 2.30. The van der Waals surface area contributed by atoms with Crippen molar-refractivity contribution in [2.45, 2.75) is 13.0 Å². The van der Waals surface area contributed by atoms with Gasteiger partial charge in [-0.2, -0.15) is 0 Å². The van der Waals surface area contributed by atoms with Gasteiger partial charge in [-0.25, -0.2) is 9.97 Å². The van der Waals surface area contributed by atoms with Crippen LogP contribution in [0.1, 0.15) is 6.92 Å². The summed E-state index contributed by atoms with van der Waals surface area (Å²) in [6.45, 7) is 2.21. The molecule has 1 aliphatic rings. The maximum absolute atomic E-state index is 11.2. The highest BCUT2D eigenvalue weighted by Gasteiger charge is 2.46. The Morgan fingerprint density at radius 3 is 2.94 bits per heavy atom. The molecule has 1 fully saturated rings. The van der Waals surface area contributed by atoms with Crippen LogP contribution in [0.3, 0.4) is 0 Å². The van der Waals surface area contributed by atoms with E-state index in [4.69, 9.17) is 9.84 Å². The van der Waals surface area contributed by atoms with Gasteiger partial charge in [-0.1, -0.05) is 0 Å². The Morgan fingerprint density at radius 1 is 1.62 bits per heavy atom. The average Bonchev–Trinajstić information content (AvgIpc) is 2.63. The number of ether oxygens (including phenoxy) is 1. The van der Waals surface area contributed by atoms with Crippen LogP contribution in [0.25, 0.3) is 0 Å². The first-order valence-electron chi connectivity index (χ1n) is 4.97. The van der Waals surface area contributed by atoms with Crippen LogP contribution in [0.2, 0.25) is 0 Å². The van der Waals surface area contributed by atoms with Crippen LogP contribution in [0, 0.1) is 5.41 Å². The van der Waals surface area contributed by atoms with E-state index in [2.05, 4.69) is 15.3 Å². The minimum atomic E-state index is -0.931. The molecule has 86 valence electrons. The number of anilines is 1. The molecule has 0 bridgehead atoms. The topological polar surface area (TPSA) is 84.3 Å². The van der Waals surface area contributed by atoms with Crippen molar-refractivity contribution < 1.29 is 14.6 Å². The number of carboxylic acid groups (broad SMARTS) is 1. The van der Waals surface area contributed by atoms with E-state index in [0.29, 0.717) is 12.6 Å². The summed E-state index contributed by atoms with van der Waals surface area (Å²) < 4.78 is 5.21. The Labute approximate surface area is 92.7 Å². The normalized spacial score (nSPS) is 28.9. The van der Waals surface area contributed by atoms with E-state index >= 15 is 0 Å². The molecule has 0 radical (unpaired) electrons. The zero-order valence-electron chi connectivity index (χ0n) is 8.88. The van der Waals surface area contributed by atoms with Gasteiger partial charge < -0.3 is 15.2 Å². The first-order chi connectivity index (χ1) is 7.63. The van der Waals surface area contributed by atoms with E-state index in [0.717, 1.165) is 0 Å². The maximum atomic E-state index is 11.2. The third-order valence-electron chi connectivity index (χ3n) is 2.81. The summed E-state index contributed by atoms with van der Waals surface area (Å²) in [6, 6.07) is 1.39. The number of nitrogens with one attached hydrogen (secondary N) is 1. The lowest BCUT2D eigenvalue weighted by atomic mass is 9.85. The predicted octanol–water partition coefficient (Wildman–Crippen LogP) is 0.378. The molecule has 2 rings (SSSR count). The number of carboxylic acids is 1. The molecule has 0 spiro atoms. The van der Waals surface area contributed by atoms with Crippen LogP contribution < -0.4 is 5.32 Å². The quantitative estimate of drug-likeness (QED) is 0.770. The molecule has 0 aromatic carbocycles. The molecule has 1 aromatic heterocycles. The van der Waals surface area contributed by atoms with Crippen LogP contribution >= 0.6 is 0 Å². The van der Waals surface area contributed by atoms with E-state index in [-0.39, 0.29) is 12.6 Å². The Kier molecular flexibility index (Phi) is 2.74. The van der Waals surface area contributed by atoms with Crippen molar-refractivity contribution in [1.82, 2.24) is 9.97 Å². The third kappa shape index (κ3) is 1.83. The van der Waals surface area contributed by atoms with Gasteiger partial charge in [-0.15, -0.1) is 0 Å². The number of hydrogen-bond acceptors (Lipinski definition) is 5. The SMILES string of the molecule is CC1(C(=O)O)COCC1Nc1ncccn1. The zero-order chi connectivity index (χ0) is 11.6. The molecule has 6 nitrogen and oxygen atoms in total. The van der Waals surface area contributed by atoms with Crippen molar-refractivity contribution in [3.05, 3.63) is 18.5 Å². The van der Waals surface area contributed by atoms with Crippen LogP contribution in [-0.2, 0) is 9.53 Å². The van der Waals surface area contributed by atoms with Crippen molar-refractivity contribution in [3.63, 3.8) is 0 Å². The van der Waals surface area contributed by atoms with E-state index in [1.807, 2.05) is 0 Å². The van der Waals surface area contributed by atoms with Gasteiger partial charge in [0.25, 0.3) is 0 Å². The van der Waals surface area contributed by atoms with Crippen LogP contribution in [0.5, 0.6) is 0 Å². The summed E-state index contributed by atoms with van der Waals surface area (Å²) in [5.74, 6) is -0.455. The minimum absolute atomic E-state index is 0.201. The molecule has 2 atom stereocenters. The monoisotopic (exact) mass is 223 g/mol. The van der Waals surface area contributed by atoms with Crippen LogP contribution in [-0.4, -0.2) is 40.3 Å². The standard InChI is InChI=1S/C10H13N3O3/c1-10(8(14)15)6-16-5-7(10)13-9-11-3-2-4-12-9/h2-4,7H,5-6H2,1H3,(H,14,15)(H,11,12,13). The molecule has 0 saturated carbocycles. The van der Waals surface area contributed by atoms with Crippen molar-refractivity contribution >= 4 is 11.9 Å². The Hall–Kier alpha value is -1.69. The fourth-order valence-corrected chi connectivity index (χ4v) is 1.61. The predicted molar refractivity (Wildman–Crippen MR) is 56.0 cm³/mol. The molecule has 1 saturated heterocycles. The van der Waals surface area contributed by atoms with Crippen molar-refractivity contribution in [1.29, 1.82) is 0 Å². The maximum Gasteiger partial charge on any atom is 0.313 e. The number of hydrogen-bond donors (Lipinski definition) is 2. The number of aromatic nitrogens is 2. The fourth-order valence-electron chi connectivity index (χ4n) is 1.61. The van der Waals surface area contributed by atoms with Gasteiger partial charge in [-0.05, 0) is 13.0 Å². The summed E-state index contributed by atoms with van der Waals surface area (Å²) in [7, 11) is 0. The van der Waals surface area contributed by atoms with Gasteiger partial charge in [0, 0.05) is 12.4 Å². The zero-order valence-corrected chi connectivity index (χ0v) is 8.88. The lowest BCUT2D eigenvalue weighted by molar-refractivity contribution is -0.148. The van der Waals surface area contributed by atoms with Crippen LogP contribution in [0.15, 0.2) is 18.5 Å². The van der Waals surface area contributed by atoms with Gasteiger partial charge in [0.15, 0.2) is 0 Å². The molecule has 16 heavy (non-hydrogen) atoms. The molecular weight excluding hydrogens is 210 g/mol. The number of aliphatic carboxylic acids is 1. The molecule has 0 aliphatic carbocycles. The second-order valence-electron chi connectivity index (χ2n) is 4.01. The first kappa shape index (κ1) is 10.8. The summed E-state index contributed by atoms with van der Waals surface area (Å²) in [5, 5.41) is 12.1. The van der Waals surface area contributed by atoms with Gasteiger partial charge in [0.2, 0.25) is 5.95 Å². The second-order valence-corrected chi connectivity index (χ2v) is 4.01. The Bertz CT molecular complexity index is 384. The number of carbonyl (C=O) groups is 1. The molecule has 2 N–H and O–H groups in total. The van der Waals surface area contributed by atoms with Crippen molar-refractivity contribution in [3.8, 4) is 0 Å².